The smallest absolute Gasteiger partial charge is 0.329 e. The predicted octanol–water partition coefficient (Wildman–Crippen LogP) is 4.22. The van der Waals surface area contributed by atoms with Gasteiger partial charge in [0.1, 0.15) is 0 Å². The van der Waals surface area contributed by atoms with Gasteiger partial charge in [-0.3, -0.25) is 4.90 Å². The Morgan fingerprint density at radius 2 is 1.90 bits per heavy atom. The Morgan fingerprint density at radius 1 is 1.24 bits per heavy atom. The van der Waals surface area contributed by atoms with Crippen molar-refractivity contribution in [1.82, 2.24) is 4.90 Å². The molecule has 1 rings (SSSR count). The van der Waals surface area contributed by atoms with Gasteiger partial charge in [0.15, 0.2) is 0 Å². The molecule has 0 fully saturated rings. The van der Waals surface area contributed by atoms with Crippen LogP contribution in [0.4, 0.5) is 13.2 Å². The number of halogens is 4. The van der Waals surface area contributed by atoms with Gasteiger partial charge in [0, 0.05) is 30.1 Å². The van der Waals surface area contributed by atoms with Crippen LogP contribution < -0.4 is 5.73 Å². The third kappa shape index (κ3) is 6.24. The van der Waals surface area contributed by atoms with E-state index in [-0.39, 0.29) is 6.42 Å². The molecule has 0 aliphatic heterocycles. The Labute approximate surface area is 129 Å². The van der Waals surface area contributed by atoms with E-state index in [0.717, 1.165) is 5.56 Å². The van der Waals surface area contributed by atoms with E-state index in [9.17, 15) is 13.2 Å². The molecule has 120 valence electrons. The Balaban J connectivity index is 2.64. The van der Waals surface area contributed by atoms with E-state index in [2.05, 4.69) is 0 Å². The summed E-state index contributed by atoms with van der Waals surface area (Å²) in [6, 6.07) is 7.44. The number of rotatable bonds is 7. The maximum Gasteiger partial charge on any atom is 0.389 e. The highest BCUT2D eigenvalue weighted by Crippen LogP contribution is 2.27. The van der Waals surface area contributed by atoms with Gasteiger partial charge in [-0.15, -0.1) is 0 Å². The molecule has 2 nitrogen and oxygen atoms in total. The number of hydrogen-bond acceptors (Lipinski definition) is 2. The Bertz CT molecular complexity index is 451. The van der Waals surface area contributed by atoms with Crippen molar-refractivity contribution in [3.63, 3.8) is 0 Å². The van der Waals surface area contributed by atoms with E-state index in [4.69, 9.17) is 17.3 Å². The summed E-state index contributed by atoms with van der Waals surface area (Å²) in [4.78, 5) is 2.00. The first-order valence-corrected chi connectivity index (χ1v) is 7.26. The highest BCUT2D eigenvalue weighted by molar-refractivity contribution is 6.30. The molecule has 0 heterocycles. The fourth-order valence-corrected chi connectivity index (χ4v) is 2.43. The van der Waals surface area contributed by atoms with Crippen molar-refractivity contribution in [3.05, 3.63) is 34.9 Å². The lowest BCUT2D eigenvalue weighted by molar-refractivity contribution is -0.136. The molecule has 0 saturated carbocycles. The molecule has 1 unspecified atom stereocenters. The average molecular weight is 323 g/mol. The SMILES string of the molecule is CN(Cc1cccc(Cl)c1)C(C)(CN)CCCC(F)(F)F. The summed E-state index contributed by atoms with van der Waals surface area (Å²) in [7, 11) is 1.88. The molecular weight excluding hydrogens is 301 g/mol. The Hall–Kier alpha value is -0.780. The number of likely N-dealkylation sites (N-methyl/N-ethyl adjacent to an activating group) is 1. The number of alkyl halides is 3. The van der Waals surface area contributed by atoms with Crippen molar-refractivity contribution in [2.75, 3.05) is 13.6 Å². The molecule has 2 N–H and O–H groups in total. The van der Waals surface area contributed by atoms with E-state index < -0.39 is 18.1 Å². The van der Waals surface area contributed by atoms with Gasteiger partial charge in [0.2, 0.25) is 0 Å². The van der Waals surface area contributed by atoms with E-state index in [1.165, 1.54) is 0 Å². The third-order valence-electron chi connectivity index (χ3n) is 3.85. The van der Waals surface area contributed by atoms with Crippen LogP contribution in [0, 0.1) is 0 Å². The molecule has 0 bridgehead atoms. The topological polar surface area (TPSA) is 29.3 Å². The van der Waals surface area contributed by atoms with Crippen LogP contribution in [0.3, 0.4) is 0 Å². The summed E-state index contributed by atoms with van der Waals surface area (Å²) in [6.07, 6.45) is -4.40. The lowest BCUT2D eigenvalue weighted by Crippen LogP contribution is -2.49. The summed E-state index contributed by atoms with van der Waals surface area (Å²) >= 11 is 5.94. The van der Waals surface area contributed by atoms with Crippen molar-refractivity contribution < 1.29 is 13.2 Å². The highest BCUT2D eigenvalue weighted by atomic mass is 35.5. The van der Waals surface area contributed by atoms with Crippen molar-refractivity contribution in [2.45, 2.75) is 44.4 Å². The van der Waals surface area contributed by atoms with Crippen molar-refractivity contribution >= 4 is 11.6 Å². The summed E-state index contributed by atoms with van der Waals surface area (Å²) in [5.41, 5.74) is 6.34. The van der Waals surface area contributed by atoms with Crippen LogP contribution in [0.5, 0.6) is 0 Å². The Morgan fingerprint density at radius 3 is 2.43 bits per heavy atom. The second-order valence-corrected chi connectivity index (χ2v) is 6.09. The summed E-state index contributed by atoms with van der Waals surface area (Å²) in [6.45, 7) is 2.80. The Kier molecular flexibility index (Phi) is 6.50. The lowest BCUT2D eigenvalue weighted by Gasteiger charge is -2.38. The second-order valence-electron chi connectivity index (χ2n) is 5.66. The van der Waals surface area contributed by atoms with Crippen LogP contribution in [-0.4, -0.2) is 30.2 Å². The summed E-state index contributed by atoms with van der Waals surface area (Å²) < 4.78 is 36.8. The zero-order valence-electron chi connectivity index (χ0n) is 12.4. The zero-order chi connectivity index (χ0) is 16.1. The van der Waals surface area contributed by atoms with Crippen LogP contribution in [0.25, 0.3) is 0 Å². The van der Waals surface area contributed by atoms with Crippen LogP contribution in [0.15, 0.2) is 24.3 Å². The molecule has 6 heteroatoms. The average Bonchev–Trinajstić information content (AvgIpc) is 2.36. The van der Waals surface area contributed by atoms with Gasteiger partial charge < -0.3 is 5.73 Å². The maximum absolute atomic E-state index is 12.3. The molecular formula is C15H22ClF3N2. The minimum Gasteiger partial charge on any atom is -0.329 e. The second kappa shape index (κ2) is 7.47. The van der Waals surface area contributed by atoms with Crippen LogP contribution in [0.1, 0.15) is 31.7 Å². The monoisotopic (exact) mass is 322 g/mol. The molecule has 1 aromatic rings. The number of benzene rings is 1. The summed E-state index contributed by atoms with van der Waals surface area (Å²) in [5, 5.41) is 0.646. The number of nitrogens with zero attached hydrogens (tertiary/aromatic N) is 1. The molecule has 1 aromatic carbocycles. The fraction of sp³-hybridized carbons (Fsp3) is 0.600. The lowest BCUT2D eigenvalue weighted by atomic mass is 9.92. The van der Waals surface area contributed by atoms with E-state index in [1.54, 1.807) is 6.07 Å². The van der Waals surface area contributed by atoms with Gasteiger partial charge in [-0.2, -0.15) is 13.2 Å². The maximum atomic E-state index is 12.3. The summed E-state index contributed by atoms with van der Waals surface area (Å²) in [5.74, 6) is 0. The third-order valence-corrected chi connectivity index (χ3v) is 4.08. The minimum absolute atomic E-state index is 0.0804. The molecule has 1 atom stereocenters. The minimum atomic E-state index is -4.11. The largest absolute Gasteiger partial charge is 0.389 e. The number of hydrogen-bond donors (Lipinski definition) is 1. The first-order chi connectivity index (χ1) is 9.66. The van der Waals surface area contributed by atoms with Gasteiger partial charge in [0.25, 0.3) is 0 Å². The fourth-order valence-electron chi connectivity index (χ4n) is 2.22. The molecule has 0 saturated heterocycles. The molecule has 0 radical (unpaired) electrons. The van der Waals surface area contributed by atoms with Crippen LogP contribution in [-0.2, 0) is 6.54 Å². The van der Waals surface area contributed by atoms with Crippen LogP contribution in [0.2, 0.25) is 5.02 Å². The quantitative estimate of drug-likeness (QED) is 0.814. The highest BCUT2D eigenvalue weighted by Gasteiger charge is 2.31. The predicted molar refractivity (Wildman–Crippen MR) is 80.3 cm³/mol. The van der Waals surface area contributed by atoms with Crippen LogP contribution >= 0.6 is 11.6 Å². The van der Waals surface area contributed by atoms with Crippen molar-refractivity contribution in [2.24, 2.45) is 5.73 Å². The zero-order valence-corrected chi connectivity index (χ0v) is 13.1. The molecule has 0 aromatic heterocycles. The molecule has 0 spiro atoms. The van der Waals surface area contributed by atoms with Gasteiger partial charge >= 0.3 is 6.18 Å². The molecule has 0 amide bonds. The first-order valence-electron chi connectivity index (χ1n) is 6.89. The van der Waals surface area contributed by atoms with E-state index >= 15 is 0 Å². The van der Waals surface area contributed by atoms with Gasteiger partial charge in [-0.25, -0.2) is 0 Å². The van der Waals surface area contributed by atoms with E-state index in [0.29, 0.717) is 24.5 Å². The number of nitrogens with two attached hydrogens (primary N) is 1. The first kappa shape index (κ1) is 18.3. The van der Waals surface area contributed by atoms with E-state index in [1.807, 2.05) is 37.1 Å². The molecule has 0 aliphatic carbocycles. The van der Waals surface area contributed by atoms with Crippen molar-refractivity contribution in [3.8, 4) is 0 Å². The molecule has 21 heavy (non-hydrogen) atoms. The van der Waals surface area contributed by atoms with Crippen molar-refractivity contribution in [1.29, 1.82) is 0 Å². The normalized spacial score (nSPS) is 15.2. The standard InChI is InChI=1S/C15H22ClF3N2/c1-14(11-20,7-4-8-15(17,18)19)21(2)10-12-5-3-6-13(16)9-12/h3,5-6,9H,4,7-8,10-11,20H2,1-2H3. The van der Waals surface area contributed by atoms with Gasteiger partial charge in [0.05, 0.1) is 0 Å². The molecule has 0 aliphatic rings. The van der Waals surface area contributed by atoms with Gasteiger partial charge in [-0.05, 0) is 44.5 Å². The van der Waals surface area contributed by atoms with Gasteiger partial charge in [-0.1, -0.05) is 23.7 Å².